The highest BCUT2D eigenvalue weighted by molar-refractivity contribution is 7.92. The first-order chi connectivity index (χ1) is 11.5. The Bertz CT molecular complexity index is 956. The van der Waals surface area contributed by atoms with Crippen molar-refractivity contribution in [2.24, 2.45) is 0 Å². The Morgan fingerprint density at radius 2 is 1.67 bits per heavy atom. The number of pyridine rings is 1. The Labute approximate surface area is 140 Å². The Morgan fingerprint density at radius 3 is 2.33 bits per heavy atom. The monoisotopic (exact) mass is 340 g/mol. The molecule has 0 aliphatic carbocycles. The van der Waals surface area contributed by atoms with Gasteiger partial charge in [0, 0.05) is 23.7 Å². The molecule has 0 saturated carbocycles. The summed E-state index contributed by atoms with van der Waals surface area (Å²) in [5, 5.41) is 0. The largest absolute Gasteiger partial charge is 0.265 e. The molecule has 3 rings (SSSR count). The van der Waals surface area contributed by atoms with Gasteiger partial charge in [0.25, 0.3) is 10.0 Å². The average Bonchev–Trinajstić information content (AvgIpc) is 2.57. The zero-order chi connectivity index (χ0) is 17.2. The van der Waals surface area contributed by atoms with Gasteiger partial charge in [0.1, 0.15) is 4.90 Å². The highest BCUT2D eigenvalue weighted by atomic mass is 32.2. The molecule has 1 aromatic carbocycles. The lowest BCUT2D eigenvalue weighted by Crippen LogP contribution is -2.15. The number of nitrogens with zero attached hydrogens (tertiary/aromatic N) is 3. The summed E-state index contributed by atoms with van der Waals surface area (Å²) in [6, 6.07) is 12.7. The smallest absolute Gasteiger partial charge is 0.260 e. The lowest BCUT2D eigenvalue weighted by Gasteiger charge is -2.10. The Hall–Kier alpha value is -2.80. The van der Waals surface area contributed by atoms with Crippen LogP contribution in [0.3, 0.4) is 0 Å². The molecule has 0 unspecified atom stereocenters. The van der Waals surface area contributed by atoms with Crippen molar-refractivity contribution in [2.45, 2.75) is 18.7 Å². The second-order valence-electron chi connectivity index (χ2n) is 5.33. The van der Waals surface area contributed by atoms with Crippen LogP contribution in [0.1, 0.15) is 11.3 Å². The molecule has 0 fully saturated rings. The van der Waals surface area contributed by atoms with Crippen molar-refractivity contribution in [1.29, 1.82) is 0 Å². The van der Waals surface area contributed by atoms with Gasteiger partial charge in [-0.15, -0.1) is 0 Å². The second kappa shape index (κ2) is 6.37. The van der Waals surface area contributed by atoms with E-state index in [0.29, 0.717) is 5.69 Å². The summed E-state index contributed by atoms with van der Waals surface area (Å²) in [6.45, 7) is 3.67. The number of hydrogen-bond acceptors (Lipinski definition) is 5. The van der Waals surface area contributed by atoms with Crippen molar-refractivity contribution < 1.29 is 8.42 Å². The standard InChI is InChI=1S/C17H16N4O2S/c1-12-10-19-17(20-16(12)14-6-4-3-5-7-14)21-24(22,23)15-9-8-13(2)18-11-15/h3-11H,1-2H3,(H,19,20,21). The number of aryl methyl sites for hydroxylation is 2. The van der Waals surface area contributed by atoms with E-state index in [1.54, 1.807) is 19.2 Å². The van der Waals surface area contributed by atoms with E-state index in [0.717, 1.165) is 16.8 Å². The van der Waals surface area contributed by atoms with E-state index in [2.05, 4.69) is 19.7 Å². The molecule has 24 heavy (non-hydrogen) atoms. The van der Waals surface area contributed by atoms with E-state index in [1.165, 1.54) is 12.3 Å². The third-order valence-electron chi connectivity index (χ3n) is 3.44. The zero-order valence-electron chi connectivity index (χ0n) is 13.3. The fourth-order valence-corrected chi connectivity index (χ4v) is 3.07. The Kier molecular flexibility index (Phi) is 4.26. The molecule has 2 aromatic heterocycles. The molecule has 0 amide bonds. The van der Waals surface area contributed by atoms with Crippen LogP contribution in [0, 0.1) is 13.8 Å². The number of benzene rings is 1. The van der Waals surface area contributed by atoms with Crippen LogP contribution in [-0.4, -0.2) is 23.4 Å². The first kappa shape index (κ1) is 16.1. The Morgan fingerprint density at radius 1 is 0.917 bits per heavy atom. The van der Waals surface area contributed by atoms with E-state index in [1.807, 2.05) is 37.3 Å². The van der Waals surface area contributed by atoms with Crippen LogP contribution in [-0.2, 0) is 10.0 Å². The highest BCUT2D eigenvalue weighted by Crippen LogP contribution is 2.22. The molecule has 3 aromatic rings. The van der Waals surface area contributed by atoms with Gasteiger partial charge in [0.05, 0.1) is 5.69 Å². The van der Waals surface area contributed by atoms with Crippen molar-refractivity contribution in [2.75, 3.05) is 4.72 Å². The van der Waals surface area contributed by atoms with Gasteiger partial charge in [-0.05, 0) is 31.5 Å². The van der Waals surface area contributed by atoms with Gasteiger partial charge in [0.15, 0.2) is 0 Å². The normalized spacial score (nSPS) is 11.2. The first-order valence-corrected chi connectivity index (χ1v) is 8.78. The molecular formula is C17H16N4O2S. The first-order valence-electron chi connectivity index (χ1n) is 7.30. The molecule has 122 valence electrons. The van der Waals surface area contributed by atoms with Crippen molar-refractivity contribution in [3.8, 4) is 11.3 Å². The summed E-state index contributed by atoms with van der Waals surface area (Å²) in [4.78, 5) is 12.5. The van der Waals surface area contributed by atoms with Crippen LogP contribution in [0.2, 0.25) is 0 Å². The molecule has 0 saturated heterocycles. The average molecular weight is 340 g/mol. The number of sulfonamides is 1. The molecule has 0 atom stereocenters. The van der Waals surface area contributed by atoms with Crippen LogP contribution in [0.15, 0.2) is 59.8 Å². The lowest BCUT2D eigenvalue weighted by molar-refractivity contribution is 0.600. The summed E-state index contributed by atoms with van der Waals surface area (Å²) in [5.74, 6) is 0.0278. The summed E-state index contributed by atoms with van der Waals surface area (Å²) in [5.41, 5.74) is 3.19. The maximum Gasteiger partial charge on any atom is 0.265 e. The summed E-state index contributed by atoms with van der Waals surface area (Å²) >= 11 is 0. The van der Waals surface area contributed by atoms with Crippen LogP contribution >= 0.6 is 0 Å². The lowest BCUT2D eigenvalue weighted by atomic mass is 10.1. The predicted octanol–water partition coefficient (Wildman–Crippen LogP) is 2.96. The quantitative estimate of drug-likeness (QED) is 0.789. The summed E-state index contributed by atoms with van der Waals surface area (Å²) in [7, 11) is -3.78. The predicted molar refractivity (Wildman–Crippen MR) is 92.0 cm³/mol. The van der Waals surface area contributed by atoms with Gasteiger partial charge in [-0.25, -0.2) is 23.1 Å². The maximum absolute atomic E-state index is 12.4. The van der Waals surface area contributed by atoms with Crippen LogP contribution < -0.4 is 4.72 Å². The molecule has 0 radical (unpaired) electrons. The van der Waals surface area contributed by atoms with Crippen LogP contribution in [0.5, 0.6) is 0 Å². The zero-order valence-corrected chi connectivity index (χ0v) is 14.1. The number of rotatable bonds is 4. The van der Waals surface area contributed by atoms with Crippen molar-refractivity contribution >= 4 is 16.0 Å². The third-order valence-corrected chi connectivity index (χ3v) is 4.75. The molecular weight excluding hydrogens is 324 g/mol. The Balaban J connectivity index is 1.95. The molecule has 2 heterocycles. The van der Waals surface area contributed by atoms with Gasteiger partial charge in [-0.1, -0.05) is 30.3 Å². The molecule has 0 bridgehead atoms. The minimum atomic E-state index is -3.78. The van der Waals surface area contributed by atoms with Crippen molar-refractivity contribution in [3.05, 3.63) is 66.1 Å². The van der Waals surface area contributed by atoms with E-state index in [9.17, 15) is 8.42 Å². The van der Waals surface area contributed by atoms with E-state index >= 15 is 0 Å². The van der Waals surface area contributed by atoms with E-state index < -0.39 is 10.0 Å². The minimum Gasteiger partial charge on any atom is -0.260 e. The number of nitrogens with one attached hydrogen (secondary N) is 1. The van der Waals surface area contributed by atoms with Gasteiger partial charge in [-0.3, -0.25) is 4.98 Å². The maximum atomic E-state index is 12.4. The fourth-order valence-electron chi connectivity index (χ4n) is 2.17. The number of anilines is 1. The topological polar surface area (TPSA) is 84.8 Å². The second-order valence-corrected chi connectivity index (χ2v) is 7.01. The minimum absolute atomic E-state index is 0.0278. The van der Waals surface area contributed by atoms with Gasteiger partial charge in [0.2, 0.25) is 5.95 Å². The van der Waals surface area contributed by atoms with Gasteiger partial charge < -0.3 is 0 Å². The van der Waals surface area contributed by atoms with Crippen molar-refractivity contribution in [1.82, 2.24) is 15.0 Å². The SMILES string of the molecule is Cc1ccc(S(=O)(=O)Nc2ncc(C)c(-c3ccccc3)n2)cn1. The van der Waals surface area contributed by atoms with E-state index in [4.69, 9.17) is 0 Å². The molecule has 1 N–H and O–H groups in total. The van der Waals surface area contributed by atoms with Crippen molar-refractivity contribution in [3.63, 3.8) is 0 Å². The summed E-state index contributed by atoms with van der Waals surface area (Å²) < 4.78 is 27.2. The molecule has 0 spiro atoms. The van der Waals surface area contributed by atoms with Gasteiger partial charge >= 0.3 is 0 Å². The summed E-state index contributed by atoms with van der Waals surface area (Å²) in [6.07, 6.45) is 2.91. The molecule has 6 nitrogen and oxygen atoms in total. The molecule has 0 aliphatic heterocycles. The fraction of sp³-hybridized carbons (Fsp3) is 0.118. The van der Waals surface area contributed by atoms with Crippen LogP contribution in [0.25, 0.3) is 11.3 Å². The number of aromatic nitrogens is 3. The molecule has 7 heteroatoms. The highest BCUT2D eigenvalue weighted by Gasteiger charge is 2.17. The van der Waals surface area contributed by atoms with E-state index in [-0.39, 0.29) is 10.8 Å². The van der Waals surface area contributed by atoms with Gasteiger partial charge in [-0.2, -0.15) is 0 Å². The molecule has 0 aliphatic rings. The number of hydrogen-bond donors (Lipinski definition) is 1. The third kappa shape index (κ3) is 3.41. The van der Waals surface area contributed by atoms with Crippen LogP contribution in [0.4, 0.5) is 5.95 Å².